The summed E-state index contributed by atoms with van der Waals surface area (Å²) in [7, 11) is 0. The van der Waals surface area contributed by atoms with E-state index < -0.39 is 29.2 Å². The van der Waals surface area contributed by atoms with Crippen molar-refractivity contribution in [2.24, 2.45) is 0 Å². The summed E-state index contributed by atoms with van der Waals surface area (Å²) in [4.78, 5) is 23.7. The van der Waals surface area contributed by atoms with E-state index in [0.29, 0.717) is 11.1 Å². The largest absolute Gasteiger partial charge is 0.418 e. The minimum absolute atomic E-state index is 0.149. The molecule has 0 aliphatic rings. The summed E-state index contributed by atoms with van der Waals surface area (Å²) in [6.07, 6.45) is -4.74. The van der Waals surface area contributed by atoms with Gasteiger partial charge in [0.15, 0.2) is 0 Å². The van der Waals surface area contributed by atoms with Crippen molar-refractivity contribution in [2.45, 2.75) is 13.1 Å². The molecular weight excluding hydrogens is 380 g/mol. The summed E-state index contributed by atoms with van der Waals surface area (Å²) in [6, 6.07) is 7.36. The number of carbonyl (C=O) groups is 2. The van der Waals surface area contributed by atoms with Gasteiger partial charge in [0.05, 0.1) is 11.3 Å². The van der Waals surface area contributed by atoms with Gasteiger partial charge in [0.25, 0.3) is 0 Å². The van der Waals surface area contributed by atoms with Crippen LogP contribution in [0.3, 0.4) is 0 Å². The van der Waals surface area contributed by atoms with Gasteiger partial charge in [-0.2, -0.15) is 13.2 Å². The third kappa shape index (κ3) is 4.87. The zero-order valence-electron chi connectivity index (χ0n) is 12.7. The second-order valence-electron chi connectivity index (χ2n) is 5.06. The van der Waals surface area contributed by atoms with Crippen LogP contribution in [0.15, 0.2) is 36.4 Å². The Kier molecular flexibility index (Phi) is 5.59. The first-order valence-electron chi connectivity index (χ1n) is 6.83. The third-order valence-corrected chi connectivity index (χ3v) is 3.81. The second-order valence-corrected chi connectivity index (χ2v) is 5.90. The molecule has 132 valence electrons. The van der Waals surface area contributed by atoms with E-state index in [1.54, 1.807) is 13.0 Å². The number of hydrogen-bond donors (Lipinski definition) is 2. The zero-order valence-corrected chi connectivity index (χ0v) is 14.2. The van der Waals surface area contributed by atoms with Crippen molar-refractivity contribution in [1.29, 1.82) is 0 Å². The molecule has 2 aromatic rings. The monoisotopic (exact) mass is 390 g/mol. The van der Waals surface area contributed by atoms with Crippen LogP contribution in [-0.2, 0) is 15.8 Å². The number of nitrogens with one attached hydrogen (secondary N) is 2. The summed E-state index contributed by atoms with van der Waals surface area (Å²) in [5.74, 6) is -2.40. The summed E-state index contributed by atoms with van der Waals surface area (Å²) >= 11 is 11.5. The smallest absolute Gasteiger partial charge is 0.318 e. The predicted molar refractivity (Wildman–Crippen MR) is 89.9 cm³/mol. The lowest BCUT2D eigenvalue weighted by Crippen LogP contribution is -2.30. The number of aryl methyl sites for hydroxylation is 1. The van der Waals surface area contributed by atoms with Crippen molar-refractivity contribution in [3.8, 4) is 0 Å². The van der Waals surface area contributed by atoms with Gasteiger partial charge < -0.3 is 10.6 Å². The Morgan fingerprint density at radius 3 is 2.20 bits per heavy atom. The lowest BCUT2D eigenvalue weighted by Gasteiger charge is -2.14. The SMILES string of the molecule is Cc1ccc(NC(=O)C(=O)Nc2ccc(Cl)cc2C(F)(F)F)cc1Cl. The average molecular weight is 391 g/mol. The van der Waals surface area contributed by atoms with Gasteiger partial charge in [-0.05, 0) is 42.8 Å². The lowest BCUT2D eigenvalue weighted by atomic mass is 10.1. The van der Waals surface area contributed by atoms with E-state index in [-0.39, 0.29) is 10.7 Å². The molecule has 9 heteroatoms. The molecule has 0 atom stereocenters. The van der Waals surface area contributed by atoms with Crippen molar-refractivity contribution in [1.82, 2.24) is 0 Å². The van der Waals surface area contributed by atoms with E-state index in [0.717, 1.165) is 11.6 Å². The van der Waals surface area contributed by atoms with E-state index in [1.165, 1.54) is 18.2 Å². The van der Waals surface area contributed by atoms with Gasteiger partial charge in [-0.25, -0.2) is 0 Å². The van der Waals surface area contributed by atoms with Crippen LogP contribution in [0.4, 0.5) is 24.5 Å². The normalized spacial score (nSPS) is 11.1. The van der Waals surface area contributed by atoms with E-state index in [4.69, 9.17) is 23.2 Å². The number of hydrogen-bond acceptors (Lipinski definition) is 2. The van der Waals surface area contributed by atoms with Gasteiger partial charge in [-0.3, -0.25) is 9.59 Å². The molecule has 4 nitrogen and oxygen atoms in total. The van der Waals surface area contributed by atoms with Crippen molar-refractivity contribution in [3.63, 3.8) is 0 Å². The highest BCUT2D eigenvalue weighted by molar-refractivity contribution is 6.44. The first kappa shape index (κ1) is 19.1. The molecule has 2 N–H and O–H groups in total. The number of amides is 2. The first-order valence-corrected chi connectivity index (χ1v) is 7.59. The van der Waals surface area contributed by atoms with Crippen LogP contribution in [0, 0.1) is 6.92 Å². The minimum Gasteiger partial charge on any atom is -0.318 e. The minimum atomic E-state index is -4.74. The Labute approximate surface area is 150 Å². The molecule has 0 unspecified atom stereocenters. The topological polar surface area (TPSA) is 58.2 Å². The van der Waals surface area contributed by atoms with E-state index >= 15 is 0 Å². The van der Waals surface area contributed by atoms with Gasteiger partial charge >= 0.3 is 18.0 Å². The van der Waals surface area contributed by atoms with Crippen LogP contribution >= 0.6 is 23.2 Å². The summed E-state index contributed by atoms with van der Waals surface area (Å²) in [6.45, 7) is 1.75. The fourth-order valence-electron chi connectivity index (χ4n) is 1.90. The molecule has 2 amide bonds. The van der Waals surface area contributed by atoms with Gasteiger partial charge in [0.2, 0.25) is 0 Å². The van der Waals surface area contributed by atoms with Gasteiger partial charge in [-0.1, -0.05) is 29.3 Å². The maximum absolute atomic E-state index is 13.0. The summed E-state index contributed by atoms with van der Waals surface area (Å²) in [5.41, 5.74) is -0.721. The Balaban J connectivity index is 2.16. The highest BCUT2D eigenvalue weighted by atomic mass is 35.5. The van der Waals surface area contributed by atoms with Crippen LogP contribution in [-0.4, -0.2) is 11.8 Å². The van der Waals surface area contributed by atoms with Crippen LogP contribution in [0.1, 0.15) is 11.1 Å². The Hall–Kier alpha value is -2.25. The molecule has 2 rings (SSSR count). The maximum atomic E-state index is 13.0. The molecule has 2 aromatic carbocycles. The fraction of sp³-hybridized carbons (Fsp3) is 0.125. The number of carbonyl (C=O) groups excluding carboxylic acids is 2. The van der Waals surface area contributed by atoms with Crippen LogP contribution < -0.4 is 10.6 Å². The third-order valence-electron chi connectivity index (χ3n) is 3.17. The number of alkyl halides is 3. The van der Waals surface area contributed by atoms with Crippen molar-refractivity contribution < 1.29 is 22.8 Å². The molecule has 0 spiro atoms. The molecule has 0 fully saturated rings. The molecule has 0 radical (unpaired) electrons. The van der Waals surface area contributed by atoms with E-state index in [2.05, 4.69) is 5.32 Å². The quantitative estimate of drug-likeness (QED) is 0.716. The molecule has 0 bridgehead atoms. The van der Waals surface area contributed by atoms with E-state index in [1.807, 2.05) is 5.32 Å². The molecule has 25 heavy (non-hydrogen) atoms. The van der Waals surface area contributed by atoms with Gasteiger partial charge in [0, 0.05) is 15.7 Å². The van der Waals surface area contributed by atoms with Crippen LogP contribution in [0.5, 0.6) is 0 Å². The zero-order chi connectivity index (χ0) is 18.8. The second kappa shape index (κ2) is 7.33. The Morgan fingerprint density at radius 1 is 0.960 bits per heavy atom. The van der Waals surface area contributed by atoms with Crippen molar-refractivity contribution in [3.05, 3.63) is 57.6 Å². The molecule has 0 saturated heterocycles. The molecule has 0 heterocycles. The Bertz CT molecular complexity index is 839. The predicted octanol–water partition coefficient (Wildman–Crippen LogP) is 4.90. The highest BCUT2D eigenvalue weighted by Crippen LogP contribution is 2.36. The number of halogens is 5. The molecule has 0 aliphatic carbocycles. The highest BCUT2D eigenvalue weighted by Gasteiger charge is 2.34. The number of rotatable bonds is 2. The number of anilines is 2. The molecule has 0 saturated carbocycles. The van der Waals surface area contributed by atoms with Gasteiger partial charge in [0.1, 0.15) is 0 Å². The standard InChI is InChI=1S/C16H11Cl2F3N2O2/c1-8-2-4-10(7-12(8)18)22-14(24)15(25)23-13-5-3-9(17)6-11(13)16(19,20)21/h2-7H,1H3,(H,22,24)(H,23,25). The molecule has 0 aromatic heterocycles. The number of benzene rings is 2. The molecule has 0 aliphatic heterocycles. The Morgan fingerprint density at radius 2 is 1.60 bits per heavy atom. The van der Waals surface area contributed by atoms with Gasteiger partial charge in [-0.15, -0.1) is 0 Å². The average Bonchev–Trinajstić information content (AvgIpc) is 2.51. The van der Waals surface area contributed by atoms with Crippen LogP contribution in [0.2, 0.25) is 10.0 Å². The van der Waals surface area contributed by atoms with E-state index in [9.17, 15) is 22.8 Å². The summed E-state index contributed by atoms with van der Waals surface area (Å²) in [5, 5.41) is 4.41. The maximum Gasteiger partial charge on any atom is 0.418 e. The first-order chi connectivity index (χ1) is 11.6. The molecular formula is C16H11Cl2F3N2O2. The fourth-order valence-corrected chi connectivity index (χ4v) is 2.25. The van der Waals surface area contributed by atoms with Crippen molar-refractivity contribution >= 4 is 46.4 Å². The summed E-state index contributed by atoms with van der Waals surface area (Å²) < 4.78 is 39.0. The van der Waals surface area contributed by atoms with Crippen molar-refractivity contribution in [2.75, 3.05) is 10.6 Å². The lowest BCUT2D eigenvalue weighted by molar-refractivity contribution is -0.137. The van der Waals surface area contributed by atoms with Crippen LogP contribution in [0.25, 0.3) is 0 Å².